The summed E-state index contributed by atoms with van der Waals surface area (Å²) in [5.41, 5.74) is 2.09. The van der Waals surface area contributed by atoms with Gasteiger partial charge in [-0.15, -0.1) is 0 Å². The first-order chi connectivity index (χ1) is 13.2. The minimum absolute atomic E-state index is 0.135. The maximum atomic E-state index is 13.3. The molecule has 0 aromatic heterocycles. The van der Waals surface area contributed by atoms with E-state index in [-0.39, 0.29) is 11.9 Å². The van der Waals surface area contributed by atoms with E-state index in [0.717, 1.165) is 36.7 Å². The Morgan fingerprint density at radius 3 is 2.67 bits per heavy atom. The van der Waals surface area contributed by atoms with Gasteiger partial charge in [0.05, 0.1) is 26.7 Å². The van der Waals surface area contributed by atoms with Crippen LogP contribution in [0.1, 0.15) is 17.2 Å². The van der Waals surface area contributed by atoms with Crippen LogP contribution in [0.15, 0.2) is 48.5 Å². The molecule has 0 spiro atoms. The zero-order chi connectivity index (χ0) is 18.8. The van der Waals surface area contributed by atoms with Gasteiger partial charge in [0.1, 0.15) is 11.5 Å². The molecule has 0 radical (unpaired) electrons. The van der Waals surface area contributed by atoms with E-state index in [9.17, 15) is 4.79 Å². The van der Waals surface area contributed by atoms with Gasteiger partial charge in [-0.05, 0) is 29.7 Å². The van der Waals surface area contributed by atoms with Crippen molar-refractivity contribution in [3.8, 4) is 11.5 Å². The molecule has 2 aliphatic heterocycles. The average molecular weight is 366 g/mol. The van der Waals surface area contributed by atoms with E-state index in [1.807, 2.05) is 24.3 Å². The summed E-state index contributed by atoms with van der Waals surface area (Å²) < 4.78 is 10.8. The topological polar surface area (TPSA) is 50.8 Å². The van der Waals surface area contributed by atoms with E-state index in [0.29, 0.717) is 18.3 Å². The highest BCUT2D eigenvalue weighted by molar-refractivity contribution is 5.80. The van der Waals surface area contributed by atoms with Gasteiger partial charge in [-0.1, -0.05) is 30.3 Å². The SMILES string of the molecule is COc1ccc(OC)c(CC(=O)N2C[C@@H]3CNC[C@@H]3[C@@H]2c2ccccc2)c1. The Morgan fingerprint density at radius 2 is 1.93 bits per heavy atom. The van der Waals surface area contributed by atoms with Gasteiger partial charge in [0.25, 0.3) is 0 Å². The number of nitrogens with one attached hydrogen (secondary N) is 1. The van der Waals surface area contributed by atoms with Crippen LogP contribution < -0.4 is 14.8 Å². The number of hydrogen-bond acceptors (Lipinski definition) is 4. The molecule has 0 bridgehead atoms. The molecule has 2 heterocycles. The molecule has 0 aliphatic carbocycles. The van der Waals surface area contributed by atoms with Crippen LogP contribution in [0, 0.1) is 11.8 Å². The number of rotatable bonds is 5. The van der Waals surface area contributed by atoms with Crippen LogP contribution in [0.2, 0.25) is 0 Å². The predicted molar refractivity (Wildman–Crippen MR) is 104 cm³/mol. The lowest BCUT2D eigenvalue weighted by molar-refractivity contribution is -0.131. The van der Waals surface area contributed by atoms with Crippen molar-refractivity contribution in [1.82, 2.24) is 10.2 Å². The molecule has 0 unspecified atom stereocenters. The maximum Gasteiger partial charge on any atom is 0.227 e. The molecule has 1 amide bonds. The third-order valence-corrected chi connectivity index (χ3v) is 5.86. The number of hydrogen-bond donors (Lipinski definition) is 1. The monoisotopic (exact) mass is 366 g/mol. The third kappa shape index (κ3) is 3.39. The van der Waals surface area contributed by atoms with Crippen molar-refractivity contribution >= 4 is 5.91 Å². The van der Waals surface area contributed by atoms with Gasteiger partial charge in [-0.3, -0.25) is 4.79 Å². The van der Waals surface area contributed by atoms with E-state index in [2.05, 4.69) is 34.5 Å². The summed E-state index contributed by atoms with van der Waals surface area (Å²) in [5.74, 6) is 2.60. The number of methoxy groups -OCH3 is 2. The molecule has 2 fully saturated rings. The van der Waals surface area contributed by atoms with Gasteiger partial charge in [-0.25, -0.2) is 0 Å². The zero-order valence-corrected chi connectivity index (χ0v) is 15.9. The molecule has 0 saturated carbocycles. The molecule has 2 aliphatic rings. The highest BCUT2D eigenvalue weighted by Crippen LogP contribution is 2.43. The minimum Gasteiger partial charge on any atom is -0.497 e. The van der Waals surface area contributed by atoms with Crippen LogP contribution in [0.3, 0.4) is 0 Å². The lowest BCUT2D eigenvalue weighted by atomic mass is 9.89. The average Bonchev–Trinajstić information content (AvgIpc) is 3.29. The van der Waals surface area contributed by atoms with Crippen LogP contribution in [0.25, 0.3) is 0 Å². The van der Waals surface area contributed by atoms with Crippen LogP contribution in [0.5, 0.6) is 11.5 Å². The molecular weight excluding hydrogens is 340 g/mol. The molecule has 2 aromatic carbocycles. The highest BCUT2D eigenvalue weighted by atomic mass is 16.5. The van der Waals surface area contributed by atoms with Crippen LogP contribution >= 0.6 is 0 Å². The first kappa shape index (κ1) is 17.9. The van der Waals surface area contributed by atoms with Crippen LogP contribution in [0.4, 0.5) is 0 Å². The number of nitrogens with zero attached hydrogens (tertiary/aromatic N) is 1. The zero-order valence-electron chi connectivity index (χ0n) is 15.9. The molecular formula is C22H26N2O3. The molecule has 5 nitrogen and oxygen atoms in total. The molecule has 1 N–H and O–H groups in total. The number of amides is 1. The van der Waals surface area contributed by atoms with Crippen molar-refractivity contribution in [3.05, 3.63) is 59.7 Å². The van der Waals surface area contributed by atoms with Gasteiger partial charge in [0, 0.05) is 31.1 Å². The summed E-state index contributed by atoms with van der Waals surface area (Å²) in [7, 11) is 3.27. The van der Waals surface area contributed by atoms with Gasteiger partial charge in [0.15, 0.2) is 0 Å². The molecule has 4 rings (SSSR count). The van der Waals surface area contributed by atoms with E-state index < -0.39 is 0 Å². The van der Waals surface area contributed by atoms with Crippen molar-refractivity contribution in [3.63, 3.8) is 0 Å². The number of likely N-dealkylation sites (tertiary alicyclic amines) is 1. The van der Waals surface area contributed by atoms with Crippen LogP contribution in [-0.4, -0.2) is 44.7 Å². The predicted octanol–water partition coefficient (Wildman–Crippen LogP) is 2.67. The van der Waals surface area contributed by atoms with E-state index in [1.165, 1.54) is 5.56 Å². The molecule has 3 atom stereocenters. The number of ether oxygens (including phenoxy) is 2. The number of fused-ring (bicyclic) bond motifs is 1. The van der Waals surface area contributed by atoms with Crippen molar-refractivity contribution < 1.29 is 14.3 Å². The van der Waals surface area contributed by atoms with E-state index >= 15 is 0 Å². The smallest absolute Gasteiger partial charge is 0.227 e. The Balaban J connectivity index is 1.61. The summed E-state index contributed by atoms with van der Waals surface area (Å²) in [6.45, 7) is 2.76. The molecule has 5 heteroatoms. The Hall–Kier alpha value is -2.53. The number of carbonyl (C=O) groups is 1. The lowest BCUT2D eigenvalue weighted by Gasteiger charge is -2.29. The van der Waals surface area contributed by atoms with Gasteiger partial charge < -0.3 is 19.7 Å². The molecule has 2 saturated heterocycles. The quantitative estimate of drug-likeness (QED) is 0.884. The van der Waals surface area contributed by atoms with Crippen molar-refractivity contribution in [1.29, 1.82) is 0 Å². The van der Waals surface area contributed by atoms with Gasteiger partial charge >= 0.3 is 0 Å². The van der Waals surface area contributed by atoms with Crippen molar-refractivity contribution in [2.45, 2.75) is 12.5 Å². The molecule has 2 aromatic rings. The highest BCUT2D eigenvalue weighted by Gasteiger charge is 2.46. The summed E-state index contributed by atoms with van der Waals surface area (Å²) >= 11 is 0. The first-order valence-corrected chi connectivity index (χ1v) is 9.47. The van der Waals surface area contributed by atoms with E-state index in [4.69, 9.17) is 9.47 Å². The second kappa shape index (κ2) is 7.61. The maximum absolute atomic E-state index is 13.3. The second-order valence-corrected chi connectivity index (χ2v) is 7.34. The van der Waals surface area contributed by atoms with Crippen molar-refractivity contribution in [2.75, 3.05) is 33.9 Å². The molecule has 142 valence electrons. The van der Waals surface area contributed by atoms with Gasteiger partial charge in [0.2, 0.25) is 5.91 Å². The van der Waals surface area contributed by atoms with E-state index in [1.54, 1.807) is 14.2 Å². The number of benzene rings is 2. The first-order valence-electron chi connectivity index (χ1n) is 9.47. The fourth-order valence-electron chi connectivity index (χ4n) is 4.54. The largest absolute Gasteiger partial charge is 0.497 e. The second-order valence-electron chi connectivity index (χ2n) is 7.34. The Kier molecular flexibility index (Phi) is 5.03. The van der Waals surface area contributed by atoms with Gasteiger partial charge in [-0.2, -0.15) is 0 Å². The standard InChI is InChI=1S/C22H26N2O3/c1-26-18-8-9-20(27-2)16(10-18)11-21(25)24-14-17-12-23-13-19(17)22(24)15-6-4-3-5-7-15/h3-10,17,19,22-23H,11-14H2,1-2H3/t17-,19-,22-/m0/s1. The van der Waals surface area contributed by atoms with Crippen LogP contribution in [-0.2, 0) is 11.2 Å². The Morgan fingerprint density at radius 1 is 1.11 bits per heavy atom. The Bertz CT molecular complexity index is 808. The Labute approximate surface area is 160 Å². The fraction of sp³-hybridized carbons (Fsp3) is 0.409. The summed E-state index contributed by atoms with van der Waals surface area (Å²) in [5, 5.41) is 3.49. The lowest BCUT2D eigenvalue weighted by Crippen LogP contribution is -2.35. The fourth-order valence-corrected chi connectivity index (χ4v) is 4.54. The summed E-state index contributed by atoms with van der Waals surface area (Å²) in [4.78, 5) is 15.4. The third-order valence-electron chi connectivity index (χ3n) is 5.86. The summed E-state index contributed by atoms with van der Waals surface area (Å²) in [6, 6.07) is 16.1. The normalized spacial score (nSPS) is 23.9. The summed E-state index contributed by atoms with van der Waals surface area (Å²) in [6.07, 6.45) is 0.316. The number of carbonyl (C=O) groups excluding carboxylic acids is 1. The molecule has 27 heavy (non-hydrogen) atoms. The minimum atomic E-state index is 0.135. The van der Waals surface area contributed by atoms with Crippen molar-refractivity contribution in [2.24, 2.45) is 11.8 Å².